The van der Waals surface area contributed by atoms with Gasteiger partial charge in [0, 0.05) is 29.3 Å². The highest BCUT2D eigenvalue weighted by Crippen LogP contribution is 2.41. The molecule has 2 N–H and O–H groups in total. The van der Waals surface area contributed by atoms with E-state index in [1.807, 2.05) is 36.4 Å². The second-order valence-corrected chi connectivity index (χ2v) is 6.79. The van der Waals surface area contributed by atoms with Gasteiger partial charge in [0.25, 0.3) is 0 Å². The lowest BCUT2D eigenvalue weighted by atomic mass is 10.0. The van der Waals surface area contributed by atoms with Crippen molar-refractivity contribution < 1.29 is 4.39 Å². The summed E-state index contributed by atoms with van der Waals surface area (Å²) < 4.78 is 18.3. The molecule has 26 heavy (non-hydrogen) atoms. The quantitative estimate of drug-likeness (QED) is 0.615. The molecule has 0 spiro atoms. The number of rotatable bonds is 3. The average molecular weight is 385 g/mol. The van der Waals surface area contributed by atoms with Crippen molar-refractivity contribution in [2.75, 3.05) is 5.32 Å². The van der Waals surface area contributed by atoms with Crippen LogP contribution in [0.2, 0.25) is 5.02 Å². The summed E-state index contributed by atoms with van der Waals surface area (Å²) in [6.07, 6.45) is 1.75. The monoisotopic (exact) mass is 384 g/mol. The van der Waals surface area contributed by atoms with Crippen LogP contribution in [0.1, 0.15) is 5.69 Å². The highest BCUT2D eigenvalue weighted by Gasteiger charge is 2.19. The van der Waals surface area contributed by atoms with Crippen LogP contribution >= 0.6 is 23.5 Å². The van der Waals surface area contributed by atoms with E-state index in [0.29, 0.717) is 18.1 Å². The summed E-state index contributed by atoms with van der Waals surface area (Å²) in [5.74, 6) is 0.181. The number of nitrogens with zero attached hydrogens (tertiary/aromatic N) is 2. The smallest absolute Gasteiger partial charge is 0.208 e. The molecule has 0 fully saturated rings. The SMILES string of the molecule is Fc1cccc(-c2cccc3c2NC(NCc2ccccn2)=NS3)c1Cl. The van der Waals surface area contributed by atoms with E-state index in [4.69, 9.17) is 11.6 Å². The molecule has 4 nitrogen and oxygen atoms in total. The van der Waals surface area contributed by atoms with Gasteiger partial charge in [0.2, 0.25) is 5.96 Å². The largest absolute Gasteiger partial charge is 0.350 e. The predicted octanol–water partition coefficient (Wildman–Crippen LogP) is 5.12. The molecule has 0 saturated carbocycles. The fourth-order valence-electron chi connectivity index (χ4n) is 2.66. The van der Waals surface area contributed by atoms with E-state index in [1.165, 1.54) is 18.0 Å². The first-order chi connectivity index (χ1) is 12.7. The van der Waals surface area contributed by atoms with Gasteiger partial charge in [-0.3, -0.25) is 4.98 Å². The van der Waals surface area contributed by atoms with Gasteiger partial charge in [-0.25, -0.2) is 4.39 Å². The summed E-state index contributed by atoms with van der Waals surface area (Å²) in [6, 6.07) is 16.3. The second-order valence-electron chi connectivity index (χ2n) is 5.61. The maximum Gasteiger partial charge on any atom is 0.208 e. The van der Waals surface area contributed by atoms with Crippen LogP contribution in [0, 0.1) is 5.82 Å². The van der Waals surface area contributed by atoms with Gasteiger partial charge in [-0.15, -0.1) is 0 Å². The third-order valence-electron chi connectivity index (χ3n) is 3.91. The standard InChI is InChI=1S/C19H14ClFN4S/c20-17-13(6-3-8-15(17)21)14-7-4-9-16-18(14)24-19(25-26-16)23-11-12-5-1-2-10-22-12/h1-10H,11H2,(H2,23,24,25). The molecule has 4 rings (SSSR count). The fraction of sp³-hybridized carbons (Fsp3) is 0.0526. The number of hydrogen-bond acceptors (Lipinski definition) is 5. The minimum atomic E-state index is -0.438. The molecule has 0 unspecified atom stereocenters. The number of aromatic nitrogens is 1. The zero-order chi connectivity index (χ0) is 17.9. The lowest BCUT2D eigenvalue weighted by Gasteiger charge is -2.21. The molecule has 7 heteroatoms. The predicted molar refractivity (Wildman–Crippen MR) is 105 cm³/mol. The molecule has 1 aromatic heterocycles. The molecular weight excluding hydrogens is 371 g/mol. The summed E-state index contributed by atoms with van der Waals surface area (Å²) >= 11 is 7.54. The number of hydrogen-bond donors (Lipinski definition) is 2. The number of benzene rings is 2. The van der Waals surface area contributed by atoms with Crippen molar-refractivity contribution in [3.63, 3.8) is 0 Å². The first-order valence-corrected chi connectivity index (χ1v) is 9.11. The molecule has 0 amide bonds. The summed E-state index contributed by atoms with van der Waals surface area (Å²) in [7, 11) is 0. The Labute approximate surface area is 159 Å². The lowest BCUT2D eigenvalue weighted by molar-refractivity contribution is 0.629. The van der Waals surface area contributed by atoms with E-state index >= 15 is 0 Å². The number of pyridine rings is 1. The normalized spacial score (nSPS) is 12.8. The van der Waals surface area contributed by atoms with E-state index in [9.17, 15) is 4.39 Å². The van der Waals surface area contributed by atoms with Gasteiger partial charge >= 0.3 is 0 Å². The van der Waals surface area contributed by atoms with Crippen LogP contribution < -0.4 is 10.6 Å². The van der Waals surface area contributed by atoms with Gasteiger partial charge in [-0.05, 0) is 24.3 Å². The summed E-state index contributed by atoms with van der Waals surface area (Å²) in [5, 5.41) is 6.63. The van der Waals surface area contributed by atoms with Gasteiger partial charge in [0.05, 0.1) is 27.8 Å². The lowest BCUT2D eigenvalue weighted by Crippen LogP contribution is -2.31. The van der Waals surface area contributed by atoms with Crippen LogP contribution in [0.5, 0.6) is 0 Å². The Bertz CT molecular complexity index is 979. The molecule has 0 atom stereocenters. The van der Waals surface area contributed by atoms with Crippen molar-refractivity contribution in [2.45, 2.75) is 11.4 Å². The summed E-state index contributed by atoms with van der Waals surface area (Å²) in [5.41, 5.74) is 3.23. The molecule has 0 aliphatic carbocycles. The molecule has 2 aromatic carbocycles. The van der Waals surface area contributed by atoms with E-state index in [1.54, 1.807) is 18.3 Å². The number of fused-ring (bicyclic) bond motifs is 1. The molecule has 0 saturated heterocycles. The Hall–Kier alpha value is -2.57. The third-order valence-corrected chi connectivity index (χ3v) is 5.10. The number of guanidine groups is 1. The van der Waals surface area contributed by atoms with Crippen molar-refractivity contribution in [1.29, 1.82) is 0 Å². The second kappa shape index (κ2) is 7.35. The average Bonchev–Trinajstić information content (AvgIpc) is 2.69. The third kappa shape index (κ3) is 3.38. The first-order valence-electron chi connectivity index (χ1n) is 7.95. The molecule has 0 radical (unpaired) electrons. The van der Waals surface area contributed by atoms with Crippen LogP contribution in [-0.2, 0) is 6.54 Å². The zero-order valence-corrected chi connectivity index (χ0v) is 15.1. The van der Waals surface area contributed by atoms with E-state index in [0.717, 1.165) is 21.8 Å². The Kier molecular flexibility index (Phi) is 4.77. The topological polar surface area (TPSA) is 49.3 Å². The van der Waals surface area contributed by atoms with Crippen molar-refractivity contribution in [1.82, 2.24) is 10.3 Å². The van der Waals surface area contributed by atoms with Gasteiger partial charge in [-0.2, -0.15) is 4.40 Å². The maximum absolute atomic E-state index is 13.9. The molecule has 1 aliphatic rings. The van der Waals surface area contributed by atoms with Crippen LogP contribution in [0.25, 0.3) is 11.1 Å². The van der Waals surface area contributed by atoms with Gasteiger partial charge in [0.15, 0.2) is 0 Å². The zero-order valence-electron chi connectivity index (χ0n) is 13.5. The Balaban J connectivity index is 1.61. The van der Waals surface area contributed by atoms with Crippen molar-refractivity contribution in [2.24, 2.45) is 4.40 Å². The van der Waals surface area contributed by atoms with Gasteiger partial charge in [0.1, 0.15) is 5.82 Å². The summed E-state index contributed by atoms with van der Waals surface area (Å²) in [6.45, 7) is 0.547. The first kappa shape index (κ1) is 16.9. The van der Waals surface area contributed by atoms with Crippen molar-refractivity contribution in [3.8, 4) is 11.1 Å². The number of nitrogens with one attached hydrogen (secondary N) is 2. The number of halogens is 2. The Morgan fingerprint density at radius 2 is 1.88 bits per heavy atom. The fourth-order valence-corrected chi connectivity index (χ4v) is 3.58. The molecule has 3 aromatic rings. The highest BCUT2D eigenvalue weighted by molar-refractivity contribution is 7.98. The Morgan fingerprint density at radius 3 is 2.73 bits per heavy atom. The van der Waals surface area contributed by atoms with Crippen LogP contribution in [0.4, 0.5) is 10.1 Å². The molecule has 0 bridgehead atoms. The van der Waals surface area contributed by atoms with Crippen LogP contribution in [0.15, 0.2) is 70.1 Å². The molecule has 1 aliphatic heterocycles. The molecule has 2 heterocycles. The Morgan fingerprint density at radius 1 is 1.04 bits per heavy atom. The minimum absolute atomic E-state index is 0.109. The number of anilines is 1. The minimum Gasteiger partial charge on any atom is -0.350 e. The van der Waals surface area contributed by atoms with Gasteiger partial charge in [-0.1, -0.05) is 41.9 Å². The maximum atomic E-state index is 13.9. The molecule has 130 valence electrons. The van der Waals surface area contributed by atoms with E-state index in [-0.39, 0.29) is 5.02 Å². The van der Waals surface area contributed by atoms with Crippen molar-refractivity contribution in [3.05, 3.63) is 77.3 Å². The summed E-state index contributed by atoms with van der Waals surface area (Å²) in [4.78, 5) is 5.23. The van der Waals surface area contributed by atoms with E-state index in [2.05, 4.69) is 20.0 Å². The molecular formula is C19H14ClFN4S. The van der Waals surface area contributed by atoms with E-state index < -0.39 is 5.82 Å². The highest BCUT2D eigenvalue weighted by atomic mass is 35.5. The number of para-hydroxylation sites is 1. The van der Waals surface area contributed by atoms with Crippen LogP contribution in [0.3, 0.4) is 0 Å². The van der Waals surface area contributed by atoms with Crippen LogP contribution in [-0.4, -0.2) is 10.9 Å². The van der Waals surface area contributed by atoms with Crippen molar-refractivity contribution >= 4 is 35.2 Å². The van der Waals surface area contributed by atoms with Gasteiger partial charge < -0.3 is 10.6 Å².